The molecule has 4 N–H and O–H groups in total. The molecule has 0 radical (unpaired) electrons. The van der Waals surface area contributed by atoms with Gasteiger partial charge in [0, 0.05) is 6.42 Å². The van der Waals surface area contributed by atoms with Gasteiger partial charge in [-0.25, -0.2) is 4.57 Å². The summed E-state index contributed by atoms with van der Waals surface area (Å²) in [5.41, 5.74) is 0. The van der Waals surface area contributed by atoms with Crippen LogP contribution in [0.4, 0.5) is 0 Å². The van der Waals surface area contributed by atoms with Crippen molar-refractivity contribution in [2.75, 3.05) is 6.61 Å². The van der Waals surface area contributed by atoms with Crippen molar-refractivity contribution in [1.29, 1.82) is 0 Å². The van der Waals surface area contributed by atoms with Crippen molar-refractivity contribution in [2.24, 2.45) is 0 Å². The van der Waals surface area contributed by atoms with E-state index < -0.39 is 26.6 Å². The maximum atomic E-state index is 12.6. The van der Waals surface area contributed by atoms with Crippen LogP contribution >= 0.6 is 7.82 Å². The van der Waals surface area contributed by atoms with Crippen molar-refractivity contribution in [1.82, 2.24) is 5.32 Å². The number of rotatable bonds is 51. The second-order valence-electron chi connectivity index (χ2n) is 18.9. The molecule has 0 aliphatic heterocycles. The van der Waals surface area contributed by atoms with Crippen molar-refractivity contribution in [3.05, 3.63) is 0 Å². The summed E-state index contributed by atoms with van der Waals surface area (Å²) in [5, 5.41) is 13.5. The van der Waals surface area contributed by atoms with Gasteiger partial charge in [0.1, 0.15) is 0 Å². The highest BCUT2D eigenvalue weighted by atomic mass is 31.2. The zero-order valence-corrected chi connectivity index (χ0v) is 41.3. The number of phosphoric acid groups is 1. The van der Waals surface area contributed by atoms with E-state index in [1.807, 2.05) is 0 Å². The second kappa shape index (κ2) is 48.0. The summed E-state index contributed by atoms with van der Waals surface area (Å²) >= 11 is 0. The Balaban J connectivity index is 3.54. The first kappa shape index (κ1) is 59.5. The summed E-state index contributed by atoms with van der Waals surface area (Å²) in [5.74, 6) is -0.188. The third kappa shape index (κ3) is 48.6. The minimum absolute atomic E-state index is 0.188. The highest BCUT2D eigenvalue weighted by Gasteiger charge is 2.25. The maximum Gasteiger partial charge on any atom is 0.469 e. The molecule has 60 heavy (non-hydrogen) atoms. The minimum Gasteiger partial charge on any atom is -0.391 e. The van der Waals surface area contributed by atoms with Gasteiger partial charge in [-0.15, -0.1) is 0 Å². The van der Waals surface area contributed by atoms with Crippen LogP contribution in [-0.4, -0.2) is 39.6 Å². The van der Waals surface area contributed by atoms with Gasteiger partial charge >= 0.3 is 7.82 Å². The zero-order chi connectivity index (χ0) is 43.9. The van der Waals surface area contributed by atoms with Crippen molar-refractivity contribution < 1.29 is 28.8 Å². The van der Waals surface area contributed by atoms with Gasteiger partial charge in [-0.1, -0.05) is 290 Å². The number of hydrogen-bond acceptors (Lipinski definition) is 4. The summed E-state index contributed by atoms with van der Waals surface area (Å²) in [6, 6.07) is -0.818. The van der Waals surface area contributed by atoms with Gasteiger partial charge in [0.05, 0.1) is 18.8 Å². The fourth-order valence-electron chi connectivity index (χ4n) is 8.76. The van der Waals surface area contributed by atoms with Crippen LogP contribution in [0.1, 0.15) is 309 Å². The molecule has 1 amide bonds. The SMILES string of the molecule is CCCCCCCCCCCCCCCCCCCCCCCCCCCCCCCCCCCCC(=O)N[C@@H](COP(=O)(O)O)[C@H](O)CCCCCCCCCCCC. The molecule has 0 saturated carbocycles. The lowest BCUT2D eigenvalue weighted by atomic mass is 10.0. The molecule has 0 saturated heterocycles. The van der Waals surface area contributed by atoms with E-state index in [4.69, 9.17) is 0 Å². The van der Waals surface area contributed by atoms with E-state index in [-0.39, 0.29) is 5.91 Å². The summed E-state index contributed by atoms with van der Waals surface area (Å²) < 4.78 is 16.0. The van der Waals surface area contributed by atoms with Gasteiger partial charge in [-0.05, 0) is 12.8 Å². The molecule has 0 aliphatic carbocycles. The van der Waals surface area contributed by atoms with E-state index in [1.54, 1.807) is 0 Å². The van der Waals surface area contributed by atoms with Gasteiger partial charge in [-0.2, -0.15) is 0 Å². The average Bonchev–Trinajstić information content (AvgIpc) is 3.22. The Labute approximate surface area is 374 Å². The molecule has 0 aromatic carbocycles. The third-order valence-electron chi connectivity index (χ3n) is 12.8. The molecule has 0 heterocycles. The largest absolute Gasteiger partial charge is 0.469 e. The van der Waals surface area contributed by atoms with Crippen LogP contribution in [-0.2, 0) is 13.9 Å². The molecular formula is C52H106NO6P. The Morgan fingerprint density at radius 3 is 0.900 bits per heavy atom. The molecule has 2 atom stereocenters. The molecule has 0 unspecified atom stereocenters. The smallest absolute Gasteiger partial charge is 0.391 e. The van der Waals surface area contributed by atoms with E-state index in [2.05, 4.69) is 23.7 Å². The lowest BCUT2D eigenvalue weighted by Gasteiger charge is -2.24. The molecule has 0 aromatic heterocycles. The number of carbonyl (C=O) groups is 1. The van der Waals surface area contributed by atoms with Crippen LogP contribution in [0.15, 0.2) is 0 Å². The van der Waals surface area contributed by atoms with Crippen LogP contribution in [0.5, 0.6) is 0 Å². The first-order valence-electron chi connectivity index (χ1n) is 27.0. The van der Waals surface area contributed by atoms with E-state index in [0.29, 0.717) is 12.8 Å². The quantitative estimate of drug-likeness (QED) is 0.0357. The monoisotopic (exact) mass is 872 g/mol. The molecular weight excluding hydrogens is 766 g/mol. The Bertz CT molecular complexity index is 900. The summed E-state index contributed by atoms with van der Waals surface area (Å²) in [6.07, 6.45) is 58.7. The zero-order valence-electron chi connectivity index (χ0n) is 40.4. The van der Waals surface area contributed by atoms with Gasteiger partial charge in [0.15, 0.2) is 0 Å². The molecule has 7 nitrogen and oxygen atoms in total. The standard InChI is InChI=1S/C52H106NO6P/c1-3-5-7-9-11-13-15-16-17-18-19-20-21-22-23-24-25-26-27-28-29-30-31-32-33-34-35-36-37-38-40-42-44-46-48-52(55)53-50(49-59-60(56,57)58)51(54)47-45-43-41-39-14-12-10-8-6-4-2/h50-51,54H,3-49H2,1-2H3,(H,53,55)(H2,56,57,58)/t50-,51+/m0/s1. The highest BCUT2D eigenvalue weighted by molar-refractivity contribution is 7.46. The number of aliphatic hydroxyl groups excluding tert-OH is 1. The van der Waals surface area contributed by atoms with Gasteiger partial charge in [0.25, 0.3) is 0 Å². The van der Waals surface area contributed by atoms with Gasteiger partial charge in [-0.3, -0.25) is 9.32 Å². The van der Waals surface area contributed by atoms with Gasteiger partial charge < -0.3 is 20.2 Å². The van der Waals surface area contributed by atoms with Crippen LogP contribution in [0.3, 0.4) is 0 Å². The Kier molecular flexibility index (Phi) is 47.6. The predicted molar refractivity (Wildman–Crippen MR) is 260 cm³/mol. The van der Waals surface area contributed by atoms with Crippen molar-refractivity contribution in [3.63, 3.8) is 0 Å². The number of amides is 1. The molecule has 360 valence electrons. The van der Waals surface area contributed by atoms with E-state index >= 15 is 0 Å². The number of nitrogens with one attached hydrogen (secondary N) is 1. The molecule has 0 aliphatic rings. The van der Waals surface area contributed by atoms with Crippen LogP contribution in [0.2, 0.25) is 0 Å². The van der Waals surface area contributed by atoms with E-state index in [1.165, 1.54) is 244 Å². The molecule has 0 rings (SSSR count). The van der Waals surface area contributed by atoms with Crippen LogP contribution in [0, 0.1) is 0 Å². The topological polar surface area (TPSA) is 116 Å². The molecule has 0 bridgehead atoms. The van der Waals surface area contributed by atoms with E-state index in [9.17, 15) is 24.3 Å². The number of aliphatic hydroxyl groups is 1. The van der Waals surface area contributed by atoms with Crippen LogP contribution < -0.4 is 5.32 Å². The predicted octanol–water partition coefficient (Wildman–Crippen LogP) is 16.9. The fourth-order valence-corrected chi connectivity index (χ4v) is 9.12. The average molecular weight is 872 g/mol. The molecule has 8 heteroatoms. The first-order valence-corrected chi connectivity index (χ1v) is 28.5. The van der Waals surface area contributed by atoms with Gasteiger partial charge in [0.2, 0.25) is 5.91 Å². The molecule has 0 spiro atoms. The van der Waals surface area contributed by atoms with Crippen molar-refractivity contribution in [3.8, 4) is 0 Å². The third-order valence-corrected chi connectivity index (χ3v) is 13.3. The van der Waals surface area contributed by atoms with Crippen molar-refractivity contribution in [2.45, 2.75) is 321 Å². The van der Waals surface area contributed by atoms with E-state index in [0.717, 1.165) is 38.5 Å². The Morgan fingerprint density at radius 1 is 0.417 bits per heavy atom. The Morgan fingerprint density at radius 2 is 0.650 bits per heavy atom. The lowest BCUT2D eigenvalue weighted by molar-refractivity contribution is -0.123. The molecule has 0 fully saturated rings. The summed E-state index contributed by atoms with van der Waals surface area (Å²) in [4.78, 5) is 31.0. The number of hydrogen-bond donors (Lipinski definition) is 4. The number of carbonyl (C=O) groups excluding carboxylic acids is 1. The first-order chi connectivity index (χ1) is 29.3. The van der Waals surface area contributed by atoms with Crippen LogP contribution in [0.25, 0.3) is 0 Å². The normalized spacial score (nSPS) is 12.9. The maximum absolute atomic E-state index is 12.6. The minimum atomic E-state index is -4.69. The van der Waals surface area contributed by atoms with Crippen molar-refractivity contribution >= 4 is 13.7 Å². The Hall–Kier alpha value is -0.460. The highest BCUT2D eigenvalue weighted by Crippen LogP contribution is 2.36. The summed E-state index contributed by atoms with van der Waals surface area (Å²) in [6.45, 7) is 4.14. The lowest BCUT2D eigenvalue weighted by Crippen LogP contribution is -2.46. The second-order valence-corrected chi connectivity index (χ2v) is 20.2. The fraction of sp³-hybridized carbons (Fsp3) is 0.981. The molecule has 0 aromatic rings. The number of unbranched alkanes of at least 4 members (excludes halogenated alkanes) is 42. The number of phosphoric ester groups is 1. The summed E-state index contributed by atoms with van der Waals surface area (Å²) in [7, 11) is -4.69.